The monoisotopic (exact) mass is 1690 g/mol. The Balaban J connectivity index is 0.959. The predicted octanol–water partition coefficient (Wildman–Crippen LogP) is 25.8. The third-order valence-corrected chi connectivity index (χ3v) is 27.9. The number of nitrogens with zero attached hydrogens (tertiary/aromatic N) is 4. The number of aromatic nitrogens is 1. The van der Waals surface area contributed by atoms with Gasteiger partial charge in [-0.3, -0.25) is 0 Å². The third kappa shape index (κ3) is 12.5. The van der Waals surface area contributed by atoms with Gasteiger partial charge in [-0.25, -0.2) is 0 Å². The molecule has 18 aromatic carbocycles. The first-order valence-electron chi connectivity index (χ1n) is 52.1. The molecule has 0 amide bonds. The Bertz CT molecular complexity index is 8580. The molecule has 7 heteroatoms. The van der Waals surface area contributed by atoms with Crippen LogP contribution in [0.25, 0.3) is 116 Å². The summed E-state index contributed by atoms with van der Waals surface area (Å²) in [6.45, 7) is 17.4. The van der Waals surface area contributed by atoms with Gasteiger partial charge in [-0.05, 0) is 24.3 Å². The first kappa shape index (κ1) is 58.2. The summed E-state index contributed by atoms with van der Waals surface area (Å²) in [6.07, 6.45) is 0. The molecule has 0 radical (unpaired) electrons. The Morgan fingerprint density at radius 1 is 0.296 bits per heavy atom. The van der Waals surface area contributed by atoms with E-state index in [2.05, 4.69) is 198 Å². The van der Waals surface area contributed by atoms with Crippen LogP contribution in [-0.2, 0) is 16.2 Å². The summed E-state index contributed by atoms with van der Waals surface area (Å²) in [7, 11) is 0. The summed E-state index contributed by atoms with van der Waals surface area (Å²) in [5, 5.41) is 1.20. The van der Waals surface area contributed by atoms with Crippen molar-refractivity contribution in [3.63, 3.8) is 0 Å². The average Bonchev–Trinajstić information content (AvgIpc) is 1.64. The maximum absolute atomic E-state index is 12.3. The SMILES string of the molecule is [2H]c1c([2H])c([2H])c(-c2ccc3c(c2)B2c4c(cc5c(c4[Se]3)N(c3c(-c4ccccc4)cc(C(C)(C)C)cc3-c3ccccc3)c3cc(C(C)(C)C)cc4c3B5c3c([2H])c([2H])c(-c5ccc(N(c6ccccc6)c6ccccc6)c6ccccc56)c([2H])c3N4c3c(-c4ccccc4)cc(C(C)(C)C)cc3-c3ccccc3)-n3c4c([2H])c([2H])c(-c5c([2H])c([2H])c([2H])c([2H])c5[2H])c([2H])c4c4c([2H])c([2H])c([2H])c2c43)c([2H])c1[2H]. The molecule has 19 aromatic rings. The molecule has 596 valence electrons. The second-order valence-electron chi connectivity index (χ2n) is 36.0. The topological polar surface area (TPSA) is 14.7 Å². The number of hydrogen-bond donors (Lipinski definition) is 0. The molecule has 0 saturated carbocycles. The van der Waals surface area contributed by atoms with E-state index in [-0.39, 0.29) is 73.2 Å². The molecule has 125 heavy (non-hydrogen) atoms. The first-order chi connectivity index (χ1) is 68.9. The Hall–Kier alpha value is -13.9. The van der Waals surface area contributed by atoms with Crippen LogP contribution in [0.3, 0.4) is 0 Å². The van der Waals surface area contributed by atoms with Gasteiger partial charge in [0.2, 0.25) is 0 Å². The molecule has 5 heterocycles. The number of anilines is 9. The molecule has 0 unspecified atom stereocenters. The molecule has 0 fully saturated rings. The van der Waals surface area contributed by atoms with Gasteiger partial charge in [-0.1, -0.05) is 75.4 Å². The van der Waals surface area contributed by atoms with E-state index in [0.29, 0.717) is 70.2 Å². The molecule has 4 nitrogen and oxygen atoms in total. The number of rotatable bonds is 12. The molecule has 0 atom stereocenters. The molecule has 0 spiro atoms. The van der Waals surface area contributed by atoms with Crippen molar-refractivity contribution in [1.29, 1.82) is 0 Å². The van der Waals surface area contributed by atoms with E-state index in [9.17, 15) is 17.8 Å². The summed E-state index contributed by atoms with van der Waals surface area (Å²) >= 11 is -1.03. The number of fused-ring (bicyclic) bond motifs is 13. The van der Waals surface area contributed by atoms with Gasteiger partial charge in [0.15, 0.2) is 0 Å². The number of benzene rings is 18. The Morgan fingerprint density at radius 2 is 0.776 bits per heavy atom. The zero-order valence-electron chi connectivity index (χ0n) is 89.4. The molecular formula is C118H92B2N4Se. The number of hydrogen-bond acceptors (Lipinski definition) is 3. The van der Waals surface area contributed by atoms with E-state index in [4.69, 9.17) is 8.22 Å². The molecular weight excluding hydrogens is 1570 g/mol. The van der Waals surface area contributed by atoms with Gasteiger partial charge < -0.3 is 4.90 Å². The van der Waals surface area contributed by atoms with E-state index in [1.807, 2.05) is 146 Å². The van der Waals surface area contributed by atoms with Crippen molar-refractivity contribution in [1.82, 2.24) is 4.57 Å². The molecule has 4 aliphatic rings. The zero-order chi connectivity index (χ0) is 101. The average molecular weight is 1690 g/mol. The van der Waals surface area contributed by atoms with Crippen LogP contribution >= 0.6 is 0 Å². The van der Waals surface area contributed by atoms with Crippen molar-refractivity contribution in [2.45, 2.75) is 78.6 Å². The van der Waals surface area contributed by atoms with Gasteiger partial charge in [0.25, 0.3) is 0 Å². The summed E-state index contributed by atoms with van der Waals surface area (Å²) in [5.74, 6) is 0. The fraction of sp³-hybridized carbons (Fsp3) is 0.102. The van der Waals surface area contributed by atoms with Crippen molar-refractivity contribution >= 4 is 154 Å². The molecule has 4 aliphatic heterocycles. The van der Waals surface area contributed by atoms with Crippen LogP contribution in [0, 0.1) is 0 Å². The van der Waals surface area contributed by atoms with Crippen LogP contribution in [0.2, 0.25) is 0 Å². The molecule has 1 aromatic heterocycles. The summed E-state index contributed by atoms with van der Waals surface area (Å²) in [5.41, 5.74) is 16.6. The summed E-state index contributed by atoms with van der Waals surface area (Å²) in [4.78, 5) is 6.88. The standard InChI is InChI=1S/C118H92B2N4Se/c1-116(2,3)84-68-93(77-41-22-12-23-42-77)111(94(69-84)78-43-24-13-25-44-78)123-104-67-83(89-60-63-102(91-54-35-34-53-90(89)91)121(87-49-30-16-31-50-87)88-51-32-17-33-52-88)57-61-98(104)119-101-74-107-110-115(114(101)124(106-73-86(118(7,8)9)72-105(123)109(106)119)112-95(79-45-26-14-27-46-79)70-85(117(4,5)6)71-96(112)80-47-28-15-29-48-80)125-108-64-59-82(76-39-20-11-21-40-76)66-100(108)120(110)99-56-36-55-92-97-65-81(75-37-18-10-19-38-75)58-62-103(97)122(107)113(92)99/h10-74H,1-9H3/i10D,11D,18D,19D,20D,21D,36D,37D,38D,39D,40D,55D,56D,57D,58D,61D,62D,65D,67D. The number of para-hydroxylation sites is 3. The Morgan fingerprint density at radius 3 is 1.32 bits per heavy atom. The summed E-state index contributed by atoms with van der Waals surface area (Å²) < 4.78 is 195. The fourth-order valence-electron chi connectivity index (χ4n) is 19.4. The van der Waals surface area contributed by atoms with Gasteiger partial charge in [0.05, 0.1) is 1.37 Å². The van der Waals surface area contributed by atoms with Crippen LogP contribution in [0.4, 0.5) is 51.2 Å². The van der Waals surface area contributed by atoms with Crippen molar-refractivity contribution in [2.75, 3.05) is 14.7 Å². The van der Waals surface area contributed by atoms with E-state index >= 15 is 0 Å². The minimum absolute atomic E-state index is 0.0732. The van der Waals surface area contributed by atoms with Crippen molar-refractivity contribution in [3.8, 4) is 83.6 Å². The first-order valence-corrected chi connectivity index (χ1v) is 44.3. The second kappa shape index (κ2) is 29.4. The quantitative estimate of drug-likeness (QED) is 0.113. The van der Waals surface area contributed by atoms with Crippen LogP contribution in [0.1, 0.15) is 105 Å². The normalized spacial score (nSPS) is 15.2. The van der Waals surface area contributed by atoms with Crippen molar-refractivity contribution in [3.05, 3.63) is 411 Å². The van der Waals surface area contributed by atoms with Gasteiger partial charge >= 0.3 is 655 Å². The van der Waals surface area contributed by atoms with Gasteiger partial charge in [-0.2, -0.15) is 0 Å². The zero-order valence-corrected chi connectivity index (χ0v) is 72.1. The van der Waals surface area contributed by atoms with E-state index in [1.54, 1.807) is 16.7 Å². The second-order valence-corrected chi connectivity index (χ2v) is 38.2. The molecule has 0 N–H and O–H groups in total. The maximum atomic E-state index is 12.3. The fourth-order valence-corrected chi connectivity index (χ4v) is 22.1. The van der Waals surface area contributed by atoms with Gasteiger partial charge in [0, 0.05) is 11.4 Å². The Labute approximate surface area is 767 Å². The van der Waals surface area contributed by atoms with E-state index in [0.717, 1.165) is 89.3 Å². The van der Waals surface area contributed by atoms with Gasteiger partial charge in [0.1, 0.15) is 0 Å². The van der Waals surface area contributed by atoms with Crippen LogP contribution < -0.4 is 56.4 Å². The van der Waals surface area contributed by atoms with Crippen LogP contribution in [0.15, 0.2) is 394 Å². The van der Waals surface area contributed by atoms with Crippen molar-refractivity contribution < 1.29 is 26.0 Å². The molecule has 0 bridgehead atoms. The predicted molar refractivity (Wildman–Crippen MR) is 537 cm³/mol. The summed E-state index contributed by atoms with van der Waals surface area (Å²) in [6, 6.07) is 84.4. The van der Waals surface area contributed by atoms with E-state index < -0.39 is 152 Å². The molecule has 23 rings (SSSR count). The Kier molecular flexibility index (Phi) is 13.7. The van der Waals surface area contributed by atoms with Crippen molar-refractivity contribution in [2.24, 2.45) is 0 Å². The van der Waals surface area contributed by atoms with E-state index in [1.165, 1.54) is 0 Å². The molecule has 0 saturated heterocycles. The van der Waals surface area contributed by atoms with Gasteiger partial charge in [-0.15, -0.1) is 0 Å². The third-order valence-electron chi connectivity index (χ3n) is 25.4. The molecule has 0 aliphatic carbocycles. The minimum atomic E-state index is -1.24. The van der Waals surface area contributed by atoms with Crippen LogP contribution in [-0.4, -0.2) is 32.9 Å². The van der Waals surface area contributed by atoms with Crippen LogP contribution in [0.5, 0.6) is 0 Å².